The lowest BCUT2D eigenvalue weighted by Gasteiger charge is -2.32. The molecule has 2 amide bonds. The summed E-state index contributed by atoms with van der Waals surface area (Å²) in [6.07, 6.45) is -4.48. The van der Waals surface area contributed by atoms with Crippen molar-refractivity contribution in [3.8, 4) is 11.6 Å². The number of para-hydroxylation sites is 2. The number of alkyl halides is 3. The molecular formula is C22H20F3N5O3. The molecule has 8 nitrogen and oxygen atoms in total. The molecular weight excluding hydrogens is 439 g/mol. The van der Waals surface area contributed by atoms with Gasteiger partial charge in [-0.25, -0.2) is 4.98 Å². The second kappa shape index (κ2) is 8.57. The van der Waals surface area contributed by atoms with Crippen LogP contribution in [0.2, 0.25) is 0 Å². The van der Waals surface area contributed by atoms with Gasteiger partial charge >= 0.3 is 6.18 Å². The molecule has 1 aliphatic rings. The Morgan fingerprint density at radius 2 is 1.97 bits per heavy atom. The predicted octanol–water partition coefficient (Wildman–Crippen LogP) is 3.74. The van der Waals surface area contributed by atoms with Crippen LogP contribution in [-0.2, 0) is 15.8 Å². The van der Waals surface area contributed by atoms with Crippen LogP contribution < -0.4 is 15.0 Å². The zero-order chi connectivity index (χ0) is 23.8. The minimum atomic E-state index is -4.50. The van der Waals surface area contributed by atoms with Crippen LogP contribution in [0.1, 0.15) is 24.6 Å². The lowest BCUT2D eigenvalue weighted by atomic mass is 10.1. The van der Waals surface area contributed by atoms with E-state index >= 15 is 0 Å². The van der Waals surface area contributed by atoms with Crippen LogP contribution in [0.5, 0.6) is 5.75 Å². The standard InChI is InChI=1S/C22H20F3N5O3/c1-13-11-19(30(28-13)18-8-7-15(12-26-18)22(23,24)25)27-20(31)9-10-29-16-5-3-4-6-17(16)33-14(2)21(29)32/h3-8,11-12,14H,9-10H2,1-2H3,(H,27,31). The number of benzene rings is 1. The van der Waals surface area contributed by atoms with Gasteiger partial charge in [-0.3, -0.25) is 9.59 Å². The van der Waals surface area contributed by atoms with E-state index in [0.29, 0.717) is 23.3 Å². The van der Waals surface area contributed by atoms with Crippen molar-refractivity contribution in [2.24, 2.45) is 0 Å². The third-order valence-electron chi connectivity index (χ3n) is 5.03. The highest BCUT2D eigenvalue weighted by atomic mass is 19.4. The fourth-order valence-electron chi connectivity index (χ4n) is 3.45. The van der Waals surface area contributed by atoms with Gasteiger partial charge < -0.3 is 15.0 Å². The summed E-state index contributed by atoms with van der Waals surface area (Å²) < 4.78 is 45.3. The number of carbonyl (C=O) groups excluding carboxylic acids is 2. The van der Waals surface area contributed by atoms with E-state index in [4.69, 9.17) is 4.74 Å². The van der Waals surface area contributed by atoms with Crippen LogP contribution in [0.4, 0.5) is 24.7 Å². The maximum absolute atomic E-state index is 12.8. The van der Waals surface area contributed by atoms with Gasteiger partial charge in [0.25, 0.3) is 5.91 Å². The Balaban J connectivity index is 1.47. The van der Waals surface area contributed by atoms with E-state index in [1.54, 1.807) is 44.2 Å². The molecule has 0 fully saturated rings. The van der Waals surface area contributed by atoms with Gasteiger partial charge in [0.05, 0.1) is 16.9 Å². The highest BCUT2D eigenvalue weighted by molar-refractivity contribution is 6.00. The van der Waals surface area contributed by atoms with Gasteiger partial charge in [0, 0.05) is 25.2 Å². The Kier molecular flexibility index (Phi) is 5.79. The van der Waals surface area contributed by atoms with Crippen molar-refractivity contribution in [2.75, 3.05) is 16.8 Å². The summed E-state index contributed by atoms with van der Waals surface area (Å²) in [6.45, 7) is 3.45. The summed E-state index contributed by atoms with van der Waals surface area (Å²) in [5.41, 5.74) is 0.242. The van der Waals surface area contributed by atoms with E-state index in [1.807, 2.05) is 0 Å². The van der Waals surface area contributed by atoms with E-state index in [0.717, 1.165) is 6.07 Å². The Morgan fingerprint density at radius 1 is 1.21 bits per heavy atom. The molecule has 1 atom stereocenters. The SMILES string of the molecule is Cc1cc(NC(=O)CCN2C(=O)C(C)Oc3ccccc32)n(-c2ccc(C(F)(F)F)cn2)n1. The Bertz CT molecular complexity index is 1190. The Morgan fingerprint density at radius 3 is 2.67 bits per heavy atom. The first kappa shape index (κ1) is 22.3. The Hall–Kier alpha value is -3.89. The minimum Gasteiger partial charge on any atom is -0.479 e. The molecule has 1 aromatic carbocycles. The number of nitrogens with one attached hydrogen (secondary N) is 1. The summed E-state index contributed by atoms with van der Waals surface area (Å²) in [7, 11) is 0. The molecule has 0 aliphatic carbocycles. The van der Waals surface area contributed by atoms with Crippen LogP contribution in [0, 0.1) is 6.92 Å². The number of halogens is 3. The molecule has 1 unspecified atom stereocenters. The van der Waals surface area contributed by atoms with Crippen molar-refractivity contribution in [2.45, 2.75) is 32.5 Å². The average Bonchev–Trinajstić information content (AvgIpc) is 3.13. The number of rotatable bonds is 5. The summed E-state index contributed by atoms with van der Waals surface area (Å²) in [5, 5.41) is 6.90. The van der Waals surface area contributed by atoms with Gasteiger partial charge in [-0.15, -0.1) is 0 Å². The first-order valence-electron chi connectivity index (χ1n) is 10.1. The molecule has 172 valence electrons. The van der Waals surface area contributed by atoms with Crippen molar-refractivity contribution in [3.63, 3.8) is 0 Å². The molecule has 0 radical (unpaired) electrons. The normalized spacial score (nSPS) is 15.7. The van der Waals surface area contributed by atoms with E-state index in [-0.39, 0.29) is 30.5 Å². The molecule has 0 bridgehead atoms. The third kappa shape index (κ3) is 4.66. The number of nitrogens with zero attached hydrogens (tertiary/aromatic N) is 4. The second-order valence-corrected chi connectivity index (χ2v) is 7.50. The topological polar surface area (TPSA) is 89.4 Å². The summed E-state index contributed by atoms with van der Waals surface area (Å²) in [5.74, 6) is 0.292. The summed E-state index contributed by atoms with van der Waals surface area (Å²) in [6, 6.07) is 10.7. The van der Waals surface area contributed by atoms with Crippen LogP contribution >= 0.6 is 0 Å². The van der Waals surface area contributed by atoms with E-state index < -0.39 is 23.8 Å². The highest BCUT2D eigenvalue weighted by Crippen LogP contribution is 2.33. The molecule has 3 aromatic rings. The highest BCUT2D eigenvalue weighted by Gasteiger charge is 2.32. The number of pyridine rings is 1. The van der Waals surface area contributed by atoms with Crippen molar-refractivity contribution in [3.05, 3.63) is 59.9 Å². The molecule has 2 aromatic heterocycles. The number of carbonyl (C=O) groups is 2. The van der Waals surface area contributed by atoms with Crippen molar-refractivity contribution in [1.82, 2.24) is 14.8 Å². The third-order valence-corrected chi connectivity index (χ3v) is 5.03. The van der Waals surface area contributed by atoms with E-state index in [2.05, 4.69) is 15.4 Å². The number of aryl methyl sites for hydroxylation is 1. The van der Waals surface area contributed by atoms with Crippen molar-refractivity contribution in [1.29, 1.82) is 0 Å². The quantitative estimate of drug-likeness (QED) is 0.628. The number of fused-ring (bicyclic) bond motifs is 1. The number of anilines is 2. The van der Waals surface area contributed by atoms with Gasteiger partial charge in [-0.1, -0.05) is 12.1 Å². The van der Waals surface area contributed by atoms with Gasteiger partial charge in [-0.2, -0.15) is 23.0 Å². The first-order valence-corrected chi connectivity index (χ1v) is 10.1. The molecule has 3 heterocycles. The number of hydrogen-bond donors (Lipinski definition) is 1. The van der Waals surface area contributed by atoms with Gasteiger partial charge in [0.2, 0.25) is 5.91 Å². The molecule has 0 saturated heterocycles. The van der Waals surface area contributed by atoms with Gasteiger partial charge in [-0.05, 0) is 38.1 Å². The number of amides is 2. The molecule has 0 saturated carbocycles. The fourth-order valence-corrected chi connectivity index (χ4v) is 3.45. The number of hydrogen-bond acceptors (Lipinski definition) is 5. The van der Waals surface area contributed by atoms with E-state index in [9.17, 15) is 22.8 Å². The van der Waals surface area contributed by atoms with Crippen molar-refractivity contribution >= 4 is 23.3 Å². The van der Waals surface area contributed by atoms with Crippen LogP contribution in [0.3, 0.4) is 0 Å². The molecule has 11 heteroatoms. The molecule has 33 heavy (non-hydrogen) atoms. The van der Waals surface area contributed by atoms with Crippen LogP contribution in [0.25, 0.3) is 5.82 Å². The monoisotopic (exact) mass is 459 g/mol. The smallest absolute Gasteiger partial charge is 0.417 e. The lowest BCUT2D eigenvalue weighted by Crippen LogP contribution is -2.45. The van der Waals surface area contributed by atoms with Crippen LogP contribution in [-0.4, -0.2) is 39.2 Å². The zero-order valence-corrected chi connectivity index (χ0v) is 17.8. The molecule has 1 N–H and O–H groups in total. The van der Waals surface area contributed by atoms with Crippen LogP contribution in [0.15, 0.2) is 48.7 Å². The second-order valence-electron chi connectivity index (χ2n) is 7.50. The average molecular weight is 459 g/mol. The molecule has 1 aliphatic heterocycles. The Labute approximate surface area is 187 Å². The molecule has 4 rings (SSSR count). The first-order chi connectivity index (χ1) is 15.6. The zero-order valence-electron chi connectivity index (χ0n) is 17.8. The maximum Gasteiger partial charge on any atom is 0.417 e. The lowest BCUT2D eigenvalue weighted by molar-refractivity contribution is -0.137. The van der Waals surface area contributed by atoms with Crippen molar-refractivity contribution < 1.29 is 27.5 Å². The predicted molar refractivity (Wildman–Crippen MR) is 113 cm³/mol. The number of aromatic nitrogens is 3. The maximum atomic E-state index is 12.8. The number of ether oxygens (including phenoxy) is 1. The largest absolute Gasteiger partial charge is 0.479 e. The van der Waals surface area contributed by atoms with Gasteiger partial charge in [0.15, 0.2) is 11.9 Å². The summed E-state index contributed by atoms with van der Waals surface area (Å²) >= 11 is 0. The fraction of sp³-hybridized carbons (Fsp3) is 0.273. The van der Waals surface area contributed by atoms with E-state index in [1.165, 1.54) is 15.6 Å². The minimum absolute atomic E-state index is 0.0164. The molecule has 0 spiro atoms. The summed E-state index contributed by atoms with van der Waals surface area (Å²) in [4.78, 5) is 30.5. The van der Waals surface area contributed by atoms with Gasteiger partial charge in [0.1, 0.15) is 11.6 Å².